The zero-order valence-electron chi connectivity index (χ0n) is 36.0. The largest absolute Gasteiger partial charge is 0.387 e. The number of carbonyl (C=O) groups is 2. The highest BCUT2D eigenvalue weighted by molar-refractivity contribution is 6.00. The summed E-state index contributed by atoms with van der Waals surface area (Å²) in [5, 5.41) is 75.2. The molecule has 0 radical (unpaired) electrons. The topological polar surface area (TPSA) is 278 Å². The summed E-state index contributed by atoms with van der Waals surface area (Å²) in [4.78, 5) is 34.1. The number of aliphatic hydroxyl groups is 2. The van der Waals surface area contributed by atoms with Crippen LogP contribution in [-0.4, -0.2) is 99.9 Å². The predicted octanol–water partition coefficient (Wildman–Crippen LogP) is 5.28. The van der Waals surface area contributed by atoms with E-state index in [1.807, 2.05) is 24.3 Å². The van der Waals surface area contributed by atoms with Gasteiger partial charge in [0, 0.05) is 12.4 Å². The fraction of sp³-hybridized carbons (Fsp3) is 0.318. The minimum absolute atomic E-state index is 0. The van der Waals surface area contributed by atoms with Crippen LogP contribution in [0.1, 0.15) is 73.4 Å². The van der Waals surface area contributed by atoms with Crippen LogP contribution < -0.4 is 21.3 Å². The number of hydrogen-bond acceptors (Lipinski definition) is 14. The molecule has 0 aliphatic heterocycles. The van der Waals surface area contributed by atoms with Crippen LogP contribution in [0.2, 0.25) is 0 Å². The van der Waals surface area contributed by atoms with Gasteiger partial charge in [0.15, 0.2) is 0 Å². The van der Waals surface area contributed by atoms with Crippen molar-refractivity contribution < 1.29 is 28.6 Å². The lowest BCUT2D eigenvalue weighted by atomic mass is 10.0. The number of pyridine rings is 2. The SMILES string of the molecule is C[C@H](C#N)Nc1cc(-c2ccc3cc(C#N)cnn23)ncc1C(=O)NC[C@@H](F)C(C)(C)O.C[C@H](C#N)Nc1cc(-c2ccc3cc(C#N)cnn23)ncc1C(=O)NC[C@@H](F)C(C)(C)O.Cl. The second-order valence-electron chi connectivity index (χ2n) is 15.7. The number of rotatable bonds is 14. The maximum atomic E-state index is 14.0. The number of amides is 2. The van der Waals surface area contributed by atoms with Gasteiger partial charge in [-0.2, -0.15) is 31.2 Å². The highest BCUT2D eigenvalue weighted by Crippen LogP contribution is 2.28. The number of anilines is 2. The minimum atomic E-state index is -1.66. The van der Waals surface area contributed by atoms with Gasteiger partial charge < -0.3 is 31.5 Å². The number of nitriles is 4. The van der Waals surface area contributed by atoms with E-state index in [0.717, 1.165) is 0 Å². The molecule has 2 amide bonds. The molecule has 0 spiro atoms. The lowest BCUT2D eigenvalue weighted by Crippen LogP contribution is -2.42. The summed E-state index contributed by atoms with van der Waals surface area (Å²) in [6.45, 7) is 7.76. The molecule has 6 aromatic rings. The van der Waals surface area contributed by atoms with Crippen LogP contribution in [0.4, 0.5) is 20.2 Å². The third-order valence-corrected chi connectivity index (χ3v) is 9.63. The molecule has 6 heterocycles. The Labute approximate surface area is 378 Å². The van der Waals surface area contributed by atoms with E-state index >= 15 is 0 Å². The van der Waals surface area contributed by atoms with Gasteiger partial charge in [0.05, 0.1) is 116 Å². The molecule has 0 saturated heterocycles. The molecule has 6 N–H and O–H groups in total. The second-order valence-corrected chi connectivity index (χ2v) is 15.7. The van der Waals surface area contributed by atoms with E-state index < -0.39 is 47.4 Å². The Kier molecular flexibility index (Phi) is 16.2. The lowest BCUT2D eigenvalue weighted by molar-refractivity contribution is -0.00209. The number of fused-ring (bicyclic) bond motifs is 2. The van der Waals surface area contributed by atoms with Crippen molar-refractivity contribution in [1.82, 2.24) is 39.8 Å². The van der Waals surface area contributed by atoms with E-state index in [1.54, 1.807) is 71.4 Å². The Bertz CT molecular complexity index is 2670. The van der Waals surface area contributed by atoms with Crippen LogP contribution in [0.5, 0.6) is 0 Å². The molecule has 0 fully saturated rings. The number of aromatic nitrogens is 6. The number of nitrogens with zero attached hydrogens (tertiary/aromatic N) is 10. The average molecular weight is 907 g/mol. The van der Waals surface area contributed by atoms with E-state index in [9.17, 15) is 39.1 Å². The number of carbonyl (C=O) groups excluding carboxylic acids is 2. The Morgan fingerprint density at radius 3 is 1.35 bits per heavy atom. The molecule has 0 aromatic carbocycles. The normalized spacial score (nSPS) is 12.9. The molecule has 0 aliphatic carbocycles. The van der Waals surface area contributed by atoms with Crippen LogP contribution in [-0.2, 0) is 0 Å². The monoisotopic (exact) mass is 906 g/mol. The lowest BCUT2D eigenvalue weighted by Gasteiger charge is -2.22. The molecule has 21 heteroatoms. The smallest absolute Gasteiger partial charge is 0.255 e. The van der Waals surface area contributed by atoms with Gasteiger partial charge >= 0.3 is 0 Å². The first-order valence-electron chi connectivity index (χ1n) is 19.7. The van der Waals surface area contributed by atoms with Crippen LogP contribution in [0, 0.1) is 45.3 Å². The first-order valence-corrected chi connectivity index (χ1v) is 19.7. The van der Waals surface area contributed by atoms with Crippen LogP contribution >= 0.6 is 12.4 Å². The first kappa shape index (κ1) is 49.9. The highest BCUT2D eigenvalue weighted by Gasteiger charge is 2.29. The van der Waals surface area contributed by atoms with Crippen LogP contribution in [0.15, 0.2) is 73.3 Å². The molecule has 0 saturated carbocycles. The van der Waals surface area contributed by atoms with E-state index in [0.29, 0.717) is 56.3 Å². The average Bonchev–Trinajstić information content (AvgIpc) is 3.90. The van der Waals surface area contributed by atoms with Gasteiger partial charge in [-0.3, -0.25) is 19.6 Å². The van der Waals surface area contributed by atoms with Gasteiger partial charge in [-0.15, -0.1) is 12.4 Å². The molecular formula is C44H45ClF2N14O4. The van der Waals surface area contributed by atoms with Crippen molar-refractivity contribution in [2.75, 3.05) is 23.7 Å². The van der Waals surface area contributed by atoms with Crippen molar-refractivity contribution in [3.05, 3.63) is 95.6 Å². The molecular weight excluding hydrogens is 862 g/mol. The predicted molar refractivity (Wildman–Crippen MR) is 238 cm³/mol. The van der Waals surface area contributed by atoms with Crippen LogP contribution in [0.3, 0.4) is 0 Å². The Balaban J connectivity index is 0.000000280. The summed E-state index contributed by atoms with van der Waals surface area (Å²) < 4.78 is 31.3. The van der Waals surface area contributed by atoms with Crippen molar-refractivity contribution in [3.63, 3.8) is 0 Å². The quantitative estimate of drug-likeness (QED) is 0.0811. The molecule has 18 nitrogen and oxygen atoms in total. The number of nitrogens with one attached hydrogen (secondary N) is 4. The van der Waals surface area contributed by atoms with Crippen molar-refractivity contribution in [2.45, 2.75) is 77.2 Å². The molecule has 4 atom stereocenters. The van der Waals surface area contributed by atoms with Gasteiger partial charge in [-0.25, -0.2) is 17.8 Å². The summed E-state index contributed by atoms with van der Waals surface area (Å²) >= 11 is 0. The number of alkyl halides is 2. The minimum Gasteiger partial charge on any atom is -0.387 e. The highest BCUT2D eigenvalue weighted by atomic mass is 35.5. The van der Waals surface area contributed by atoms with Crippen LogP contribution in [0.25, 0.3) is 33.8 Å². The summed E-state index contributed by atoms with van der Waals surface area (Å²) in [5.41, 5.74) is 2.16. The van der Waals surface area contributed by atoms with Gasteiger partial charge in [-0.05, 0) is 90.1 Å². The standard InChI is InChI=1S/2C22H22FN7O2.ClH/c2*1-13(8-24)29-17-7-18(19-5-4-15-6-14(9-25)10-28-30(15)19)26-11-16(17)21(31)27-12-20(23)22(2,3)32;/h2*4-7,10-11,13,20,32H,12H2,1-3H3,(H,26,29)(H,27,31);1H/t2*13-,20-;/m11./s1. The fourth-order valence-corrected chi connectivity index (χ4v) is 5.89. The zero-order chi connectivity index (χ0) is 46.9. The number of halogens is 3. The van der Waals surface area contributed by atoms with Crippen molar-refractivity contribution in [1.29, 1.82) is 21.0 Å². The molecule has 336 valence electrons. The van der Waals surface area contributed by atoms with Crippen molar-refractivity contribution >= 4 is 46.6 Å². The first-order chi connectivity index (χ1) is 30.3. The molecule has 6 aromatic heterocycles. The van der Waals surface area contributed by atoms with Gasteiger partial charge in [-0.1, -0.05) is 0 Å². The van der Waals surface area contributed by atoms with Gasteiger partial charge in [0.1, 0.15) is 36.6 Å². The third kappa shape index (κ3) is 12.2. The summed E-state index contributed by atoms with van der Waals surface area (Å²) in [7, 11) is 0. The number of hydrogen-bond donors (Lipinski definition) is 6. The molecule has 6 rings (SSSR count). The Hall–Kier alpha value is -7.75. The summed E-state index contributed by atoms with van der Waals surface area (Å²) in [5.74, 6) is -1.19. The van der Waals surface area contributed by atoms with E-state index in [-0.39, 0.29) is 36.6 Å². The van der Waals surface area contributed by atoms with Gasteiger partial charge in [0.2, 0.25) is 0 Å². The van der Waals surface area contributed by atoms with Crippen molar-refractivity contribution in [2.24, 2.45) is 0 Å². The molecule has 0 aliphatic rings. The maximum absolute atomic E-state index is 14.0. The third-order valence-electron chi connectivity index (χ3n) is 9.63. The van der Waals surface area contributed by atoms with E-state index in [4.69, 9.17) is 10.5 Å². The Morgan fingerprint density at radius 1 is 0.662 bits per heavy atom. The maximum Gasteiger partial charge on any atom is 0.255 e. The fourth-order valence-electron chi connectivity index (χ4n) is 5.89. The molecule has 0 unspecified atom stereocenters. The summed E-state index contributed by atoms with van der Waals surface area (Å²) in [6, 6.07) is 20.6. The van der Waals surface area contributed by atoms with Gasteiger partial charge in [0.25, 0.3) is 11.8 Å². The summed E-state index contributed by atoms with van der Waals surface area (Å²) in [6.07, 6.45) is 2.21. The van der Waals surface area contributed by atoms with Crippen molar-refractivity contribution in [3.8, 4) is 47.1 Å². The van der Waals surface area contributed by atoms with E-state index in [1.165, 1.54) is 52.5 Å². The van der Waals surface area contributed by atoms with E-state index in [2.05, 4.69) is 41.4 Å². The molecule has 65 heavy (non-hydrogen) atoms. The zero-order valence-corrected chi connectivity index (χ0v) is 36.8. The Morgan fingerprint density at radius 2 is 1.03 bits per heavy atom. The second kappa shape index (κ2) is 21.1. The molecule has 0 bridgehead atoms.